The summed E-state index contributed by atoms with van der Waals surface area (Å²) in [5, 5.41) is 10.1. The molecule has 1 saturated heterocycles. The van der Waals surface area contributed by atoms with E-state index >= 15 is 0 Å². The number of hydrogen-bond acceptors (Lipinski definition) is 5. The molecule has 1 aliphatic heterocycles. The van der Waals surface area contributed by atoms with Crippen LogP contribution in [0.15, 0.2) is 4.52 Å². The Hall–Kier alpha value is -1.43. The summed E-state index contributed by atoms with van der Waals surface area (Å²) in [4.78, 5) is 15.5. The van der Waals surface area contributed by atoms with Gasteiger partial charge in [0.25, 0.3) is 0 Å². The molecule has 88 valence electrons. The second-order valence-electron chi connectivity index (χ2n) is 4.15. The Kier molecular flexibility index (Phi) is 2.91. The molecule has 2 N–H and O–H groups in total. The fraction of sp³-hybridized carbons (Fsp3) is 0.700. The van der Waals surface area contributed by atoms with Crippen LogP contribution < -0.4 is 10.6 Å². The zero-order chi connectivity index (χ0) is 11.6. The maximum atomic E-state index is 11.3. The van der Waals surface area contributed by atoms with E-state index in [0.717, 1.165) is 25.9 Å². The van der Waals surface area contributed by atoms with E-state index in [1.165, 1.54) is 6.92 Å². The van der Waals surface area contributed by atoms with Crippen molar-refractivity contribution in [3.8, 4) is 0 Å². The van der Waals surface area contributed by atoms with Crippen molar-refractivity contribution >= 4 is 5.91 Å². The lowest BCUT2D eigenvalue weighted by molar-refractivity contribution is -0.121. The largest absolute Gasteiger partial charge is 0.343 e. The third-order valence-electron chi connectivity index (χ3n) is 2.83. The van der Waals surface area contributed by atoms with Gasteiger partial charge in [0.15, 0.2) is 5.82 Å². The van der Waals surface area contributed by atoms with Crippen molar-refractivity contribution in [1.82, 2.24) is 20.8 Å². The number of rotatable bonds is 2. The number of nitrogens with one attached hydrogen (secondary N) is 2. The molecule has 2 heterocycles. The molecule has 0 bridgehead atoms. The molecule has 1 aromatic rings. The predicted octanol–water partition coefficient (Wildman–Crippen LogP) is 0.0928. The van der Waals surface area contributed by atoms with Crippen LogP contribution in [0.5, 0.6) is 0 Å². The Morgan fingerprint density at radius 1 is 1.50 bits per heavy atom. The molecular formula is C10H16N4O2. The number of carbonyl (C=O) groups excluding carboxylic acids is 1. The van der Waals surface area contributed by atoms with Gasteiger partial charge < -0.3 is 15.2 Å². The molecule has 0 aromatic carbocycles. The van der Waals surface area contributed by atoms with Crippen molar-refractivity contribution in [1.29, 1.82) is 0 Å². The molecule has 2 rings (SSSR count). The monoisotopic (exact) mass is 224 g/mol. The molecule has 0 spiro atoms. The van der Waals surface area contributed by atoms with Gasteiger partial charge in [-0.15, -0.1) is 0 Å². The Labute approximate surface area is 93.8 Å². The summed E-state index contributed by atoms with van der Waals surface area (Å²) in [5.74, 6) is 1.05. The second-order valence-corrected chi connectivity index (χ2v) is 4.15. The molecule has 0 aliphatic carbocycles. The van der Waals surface area contributed by atoms with Crippen LogP contribution in [0.2, 0.25) is 0 Å². The zero-order valence-electron chi connectivity index (χ0n) is 9.54. The van der Waals surface area contributed by atoms with Crippen molar-refractivity contribution in [3.63, 3.8) is 0 Å². The van der Waals surface area contributed by atoms with Crippen molar-refractivity contribution in [2.45, 2.75) is 32.2 Å². The van der Waals surface area contributed by atoms with Gasteiger partial charge in [-0.2, -0.15) is 4.98 Å². The van der Waals surface area contributed by atoms with E-state index in [1.54, 1.807) is 6.92 Å². The molecule has 0 unspecified atom stereocenters. The SMILES string of the molecule is CC(=O)NC1(c2noc(C)n2)CCNCC1. The number of aromatic nitrogens is 2. The van der Waals surface area contributed by atoms with Crippen molar-refractivity contribution < 1.29 is 9.32 Å². The molecule has 16 heavy (non-hydrogen) atoms. The van der Waals surface area contributed by atoms with Crippen LogP contribution in [0, 0.1) is 6.92 Å². The lowest BCUT2D eigenvalue weighted by Gasteiger charge is -2.35. The van der Waals surface area contributed by atoms with E-state index < -0.39 is 5.54 Å². The summed E-state index contributed by atoms with van der Waals surface area (Å²) < 4.78 is 4.99. The highest BCUT2D eigenvalue weighted by molar-refractivity contribution is 5.74. The first-order valence-corrected chi connectivity index (χ1v) is 5.43. The average Bonchev–Trinajstić information content (AvgIpc) is 2.66. The van der Waals surface area contributed by atoms with Gasteiger partial charge in [0.1, 0.15) is 5.54 Å². The van der Waals surface area contributed by atoms with Gasteiger partial charge in [-0.05, 0) is 25.9 Å². The number of hydrogen-bond donors (Lipinski definition) is 2. The number of carbonyl (C=O) groups is 1. The summed E-state index contributed by atoms with van der Waals surface area (Å²) in [6.07, 6.45) is 1.57. The minimum atomic E-state index is -0.463. The highest BCUT2D eigenvalue weighted by Gasteiger charge is 2.38. The molecule has 1 aliphatic rings. The van der Waals surface area contributed by atoms with Gasteiger partial charge in [0.05, 0.1) is 0 Å². The molecule has 6 nitrogen and oxygen atoms in total. The highest BCUT2D eigenvalue weighted by atomic mass is 16.5. The van der Waals surface area contributed by atoms with E-state index in [-0.39, 0.29) is 5.91 Å². The van der Waals surface area contributed by atoms with E-state index in [0.29, 0.717) is 11.7 Å². The standard InChI is InChI=1S/C10H16N4O2/c1-7(15)13-10(3-5-11-6-4-10)9-12-8(2)16-14-9/h11H,3-6H2,1-2H3,(H,13,15). The van der Waals surface area contributed by atoms with Crippen LogP contribution >= 0.6 is 0 Å². The lowest BCUT2D eigenvalue weighted by atomic mass is 9.87. The van der Waals surface area contributed by atoms with Gasteiger partial charge in [-0.25, -0.2) is 0 Å². The van der Waals surface area contributed by atoms with Crippen LogP contribution in [-0.2, 0) is 10.3 Å². The van der Waals surface area contributed by atoms with Crippen LogP contribution in [0.25, 0.3) is 0 Å². The fourth-order valence-electron chi connectivity index (χ4n) is 2.09. The van der Waals surface area contributed by atoms with Gasteiger partial charge in [0.2, 0.25) is 11.8 Å². The maximum absolute atomic E-state index is 11.3. The molecule has 6 heteroatoms. The predicted molar refractivity (Wildman–Crippen MR) is 56.6 cm³/mol. The third-order valence-corrected chi connectivity index (χ3v) is 2.83. The van der Waals surface area contributed by atoms with Gasteiger partial charge in [-0.3, -0.25) is 4.79 Å². The maximum Gasteiger partial charge on any atom is 0.223 e. The minimum absolute atomic E-state index is 0.0654. The zero-order valence-corrected chi connectivity index (χ0v) is 9.54. The summed E-state index contributed by atoms with van der Waals surface area (Å²) in [5.41, 5.74) is -0.463. The van der Waals surface area contributed by atoms with Gasteiger partial charge in [-0.1, -0.05) is 5.16 Å². The Morgan fingerprint density at radius 3 is 2.69 bits per heavy atom. The van der Waals surface area contributed by atoms with Crippen LogP contribution in [0.4, 0.5) is 0 Å². The molecule has 1 fully saturated rings. The van der Waals surface area contributed by atoms with E-state index in [4.69, 9.17) is 4.52 Å². The Morgan fingerprint density at radius 2 is 2.19 bits per heavy atom. The average molecular weight is 224 g/mol. The van der Waals surface area contributed by atoms with Crippen LogP contribution in [0.1, 0.15) is 31.5 Å². The number of piperidine rings is 1. The molecule has 1 aromatic heterocycles. The second kappa shape index (κ2) is 4.21. The Bertz CT molecular complexity index is 382. The van der Waals surface area contributed by atoms with Gasteiger partial charge in [0, 0.05) is 13.8 Å². The number of aryl methyl sites for hydroxylation is 1. The number of nitrogens with zero attached hydrogens (tertiary/aromatic N) is 2. The van der Waals surface area contributed by atoms with Gasteiger partial charge >= 0.3 is 0 Å². The topological polar surface area (TPSA) is 80.1 Å². The first-order chi connectivity index (χ1) is 7.62. The van der Waals surface area contributed by atoms with Crippen molar-refractivity contribution in [3.05, 3.63) is 11.7 Å². The summed E-state index contributed by atoms with van der Waals surface area (Å²) >= 11 is 0. The minimum Gasteiger partial charge on any atom is -0.343 e. The Balaban J connectivity index is 2.29. The quantitative estimate of drug-likeness (QED) is 0.744. The van der Waals surface area contributed by atoms with Crippen LogP contribution in [0.3, 0.4) is 0 Å². The van der Waals surface area contributed by atoms with E-state index in [9.17, 15) is 4.79 Å². The normalized spacial score (nSPS) is 19.4. The molecule has 1 amide bonds. The summed E-state index contributed by atoms with van der Waals surface area (Å²) in [7, 11) is 0. The van der Waals surface area contributed by atoms with Crippen LogP contribution in [-0.4, -0.2) is 29.1 Å². The van der Waals surface area contributed by atoms with E-state index in [2.05, 4.69) is 20.8 Å². The fourth-order valence-corrected chi connectivity index (χ4v) is 2.09. The third kappa shape index (κ3) is 2.06. The summed E-state index contributed by atoms with van der Waals surface area (Å²) in [6, 6.07) is 0. The number of amides is 1. The molecule has 0 atom stereocenters. The molecule has 0 radical (unpaired) electrons. The smallest absolute Gasteiger partial charge is 0.223 e. The lowest BCUT2D eigenvalue weighted by Crippen LogP contribution is -2.52. The first kappa shape index (κ1) is 11.1. The van der Waals surface area contributed by atoms with Crippen molar-refractivity contribution in [2.75, 3.05) is 13.1 Å². The summed E-state index contributed by atoms with van der Waals surface area (Å²) in [6.45, 7) is 4.94. The van der Waals surface area contributed by atoms with Crippen molar-refractivity contribution in [2.24, 2.45) is 0 Å². The highest BCUT2D eigenvalue weighted by Crippen LogP contribution is 2.28. The van der Waals surface area contributed by atoms with E-state index in [1.807, 2.05) is 0 Å². The molecular weight excluding hydrogens is 208 g/mol. The first-order valence-electron chi connectivity index (χ1n) is 5.43. The molecule has 0 saturated carbocycles.